The Bertz CT molecular complexity index is 1050. The zero-order chi connectivity index (χ0) is 21.1. The van der Waals surface area contributed by atoms with Crippen LogP contribution in [0.25, 0.3) is 11.3 Å². The summed E-state index contributed by atoms with van der Waals surface area (Å²) in [7, 11) is 3.22. The fourth-order valence-electron chi connectivity index (χ4n) is 3.93. The van der Waals surface area contributed by atoms with Crippen molar-refractivity contribution in [3.63, 3.8) is 0 Å². The number of halogens is 1. The zero-order valence-corrected chi connectivity index (χ0v) is 17.7. The Labute approximate surface area is 181 Å². The summed E-state index contributed by atoms with van der Waals surface area (Å²) in [6, 6.07) is 17.0. The number of aromatic nitrogens is 1. The predicted octanol–water partition coefficient (Wildman–Crippen LogP) is 5.40. The SMILES string of the molecule is COc1ccc(-c2ccc(C(=O)N3CCC[C@@H]3c3ccccc3Cl)cn2)c(OC)c1. The van der Waals surface area contributed by atoms with Crippen molar-refractivity contribution in [1.82, 2.24) is 9.88 Å². The van der Waals surface area contributed by atoms with Crippen molar-refractivity contribution in [2.75, 3.05) is 20.8 Å². The summed E-state index contributed by atoms with van der Waals surface area (Å²) >= 11 is 6.39. The van der Waals surface area contributed by atoms with Crippen LogP contribution in [-0.4, -0.2) is 36.6 Å². The maximum atomic E-state index is 13.2. The van der Waals surface area contributed by atoms with E-state index in [1.165, 1.54) is 0 Å². The first kappa shape index (κ1) is 20.2. The maximum absolute atomic E-state index is 13.2. The van der Waals surface area contributed by atoms with E-state index in [1.807, 2.05) is 59.5 Å². The van der Waals surface area contributed by atoms with Gasteiger partial charge in [0.25, 0.3) is 5.91 Å². The molecule has 1 saturated heterocycles. The van der Waals surface area contributed by atoms with E-state index < -0.39 is 0 Å². The van der Waals surface area contributed by atoms with E-state index in [0.717, 1.165) is 29.7 Å². The standard InChI is InChI=1S/C24H23ClN2O3/c1-29-17-10-11-19(23(14-17)30-2)21-12-9-16(15-26-21)24(28)27-13-5-8-22(27)18-6-3-4-7-20(18)25/h3-4,6-7,9-12,14-15,22H,5,8,13H2,1-2H3/t22-/m1/s1. The highest BCUT2D eigenvalue weighted by Gasteiger charge is 2.31. The monoisotopic (exact) mass is 422 g/mol. The van der Waals surface area contributed by atoms with Crippen LogP contribution >= 0.6 is 11.6 Å². The van der Waals surface area contributed by atoms with Gasteiger partial charge in [-0.2, -0.15) is 0 Å². The third-order valence-corrected chi connectivity index (χ3v) is 5.82. The van der Waals surface area contributed by atoms with Crippen LogP contribution in [0.4, 0.5) is 0 Å². The molecule has 0 bridgehead atoms. The van der Waals surface area contributed by atoms with Crippen molar-refractivity contribution in [2.24, 2.45) is 0 Å². The van der Waals surface area contributed by atoms with Crippen molar-refractivity contribution < 1.29 is 14.3 Å². The molecule has 2 aromatic carbocycles. The first-order valence-electron chi connectivity index (χ1n) is 9.86. The minimum atomic E-state index is -0.0295. The molecule has 5 nitrogen and oxygen atoms in total. The van der Waals surface area contributed by atoms with Crippen LogP contribution in [0.2, 0.25) is 5.02 Å². The number of carbonyl (C=O) groups excluding carboxylic acids is 1. The summed E-state index contributed by atoms with van der Waals surface area (Å²) < 4.78 is 10.7. The Hall–Kier alpha value is -3.05. The summed E-state index contributed by atoms with van der Waals surface area (Å²) in [5.41, 5.74) is 3.13. The van der Waals surface area contributed by atoms with E-state index in [4.69, 9.17) is 21.1 Å². The minimum Gasteiger partial charge on any atom is -0.497 e. The van der Waals surface area contributed by atoms with Gasteiger partial charge < -0.3 is 14.4 Å². The molecule has 0 spiro atoms. The number of amides is 1. The number of methoxy groups -OCH3 is 2. The van der Waals surface area contributed by atoms with Crippen molar-refractivity contribution in [2.45, 2.75) is 18.9 Å². The number of nitrogens with zero attached hydrogens (tertiary/aromatic N) is 2. The van der Waals surface area contributed by atoms with Crippen LogP contribution in [0.5, 0.6) is 11.5 Å². The molecular formula is C24H23ClN2O3. The first-order valence-corrected chi connectivity index (χ1v) is 10.2. The second kappa shape index (κ2) is 8.76. The average molecular weight is 423 g/mol. The molecular weight excluding hydrogens is 400 g/mol. The van der Waals surface area contributed by atoms with Crippen LogP contribution in [-0.2, 0) is 0 Å². The molecule has 1 fully saturated rings. The van der Waals surface area contributed by atoms with Gasteiger partial charge in [0.2, 0.25) is 0 Å². The molecule has 1 amide bonds. The van der Waals surface area contributed by atoms with Gasteiger partial charge in [0.1, 0.15) is 11.5 Å². The third-order valence-electron chi connectivity index (χ3n) is 5.47. The number of hydrogen-bond acceptors (Lipinski definition) is 4. The van der Waals surface area contributed by atoms with Crippen LogP contribution in [0, 0.1) is 0 Å². The minimum absolute atomic E-state index is 0.00689. The molecule has 1 aliphatic rings. The highest BCUT2D eigenvalue weighted by Crippen LogP contribution is 2.37. The Morgan fingerprint density at radius 3 is 2.63 bits per heavy atom. The van der Waals surface area contributed by atoms with Crippen molar-refractivity contribution in [3.05, 3.63) is 76.9 Å². The molecule has 3 aromatic rings. The Kier molecular flexibility index (Phi) is 5.91. The lowest BCUT2D eigenvalue weighted by atomic mass is 10.0. The van der Waals surface area contributed by atoms with Gasteiger partial charge in [-0.25, -0.2) is 0 Å². The second-order valence-electron chi connectivity index (χ2n) is 7.18. The largest absolute Gasteiger partial charge is 0.497 e. The highest BCUT2D eigenvalue weighted by molar-refractivity contribution is 6.31. The van der Waals surface area contributed by atoms with Crippen LogP contribution in [0.3, 0.4) is 0 Å². The van der Waals surface area contributed by atoms with Crippen LogP contribution < -0.4 is 9.47 Å². The fourth-order valence-corrected chi connectivity index (χ4v) is 4.20. The molecule has 30 heavy (non-hydrogen) atoms. The summed E-state index contributed by atoms with van der Waals surface area (Å²) in [6.45, 7) is 0.711. The number of pyridine rings is 1. The normalized spacial score (nSPS) is 15.8. The topological polar surface area (TPSA) is 51.7 Å². The van der Waals surface area contributed by atoms with E-state index in [2.05, 4.69) is 4.98 Å². The van der Waals surface area contributed by atoms with E-state index in [-0.39, 0.29) is 11.9 Å². The second-order valence-corrected chi connectivity index (χ2v) is 7.58. The van der Waals surface area contributed by atoms with Gasteiger partial charge in [-0.05, 0) is 48.7 Å². The molecule has 0 saturated carbocycles. The van der Waals surface area contributed by atoms with Crippen molar-refractivity contribution in [3.8, 4) is 22.8 Å². The molecule has 0 aliphatic carbocycles. The third kappa shape index (κ3) is 3.85. The maximum Gasteiger partial charge on any atom is 0.255 e. The predicted molar refractivity (Wildman–Crippen MR) is 117 cm³/mol. The van der Waals surface area contributed by atoms with E-state index >= 15 is 0 Å². The van der Waals surface area contributed by atoms with E-state index in [0.29, 0.717) is 28.6 Å². The molecule has 4 rings (SSSR count). The van der Waals surface area contributed by atoms with Gasteiger partial charge in [0, 0.05) is 29.4 Å². The van der Waals surface area contributed by atoms with Gasteiger partial charge in [-0.15, -0.1) is 0 Å². The van der Waals surface area contributed by atoms with Crippen LogP contribution in [0.15, 0.2) is 60.8 Å². The smallest absolute Gasteiger partial charge is 0.255 e. The van der Waals surface area contributed by atoms with Gasteiger partial charge in [0.15, 0.2) is 0 Å². The lowest BCUT2D eigenvalue weighted by molar-refractivity contribution is 0.0735. The zero-order valence-electron chi connectivity index (χ0n) is 17.0. The molecule has 1 atom stereocenters. The summed E-state index contributed by atoms with van der Waals surface area (Å²) in [5, 5.41) is 0.697. The van der Waals surface area contributed by atoms with Gasteiger partial charge in [-0.3, -0.25) is 9.78 Å². The number of ether oxygens (including phenoxy) is 2. The first-order chi connectivity index (χ1) is 14.6. The molecule has 1 aromatic heterocycles. The quantitative estimate of drug-likeness (QED) is 0.552. The number of benzene rings is 2. The highest BCUT2D eigenvalue weighted by atomic mass is 35.5. The summed E-state index contributed by atoms with van der Waals surface area (Å²) in [4.78, 5) is 19.6. The van der Waals surface area contributed by atoms with Gasteiger partial charge in [-0.1, -0.05) is 29.8 Å². The molecule has 0 N–H and O–H groups in total. The Morgan fingerprint density at radius 2 is 1.93 bits per heavy atom. The lowest BCUT2D eigenvalue weighted by Crippen LogP contribution is -2.30. The number of rotatable bonds is 5. The molecule has 0 unspecified atom stereocenters. The average Bonchev–Trinajstić information content (AvgIpc) is 3.28. The number of carbonyl (C=O) groups is 1. The summed E-state index contributed by atoms with van der Waals surface area (Å²) in [6.07, 6.45) is 3.49. The van der Waals surface area contributed by atoms with Gasteiger partial charge in [0.05, 0.1) is 31.5 Å². The fraction of sp³-hybridized carbons (Fsp3) is 0.250. The molecule has 1 aliphatic heterocycles. The Morgan fingerprint density at radius 1 is 1.10 bits per heavy atom. The lowest BCUT2D eigenvalue weighted by Gasteiger charge is -2.26. The molecule has 2 heterocycles. The van der Waals surface area contributed by atoms with E-state index in [9.17, 15) is 4.79 Å². The molecule has 154 valence electrons. The Balaban J connectivity index is 1.58. The number of likely N-dealkylation sites (tertiary alicyclic amines) is 1. The van der Waals surface area contributed by atoms with Crippen molar-refractivity contribution >= 4 is 17.5 Å². The van der Waals surface area contributed by atoms with Crippen molar-refractivity contribution in [1.29, 1.82) is 0 Å². The van der Waals surface area contributed by atoms with Crippen LogP contribution in [0.1, 0.15) is 34.8 Å². The van der Waals surface area contributed by atoms with Gasteiger partial charge >= 0.3 is 0 Å². The molecule has 6 heteroatoms. The summed E-state index contributed by atoms with van der Waals surface area (Å²) in [5.74, 6) is 1.35. The molecule has 0 radical (unpaired) electrons. The number of hydrogen-bond donors (Lipinski definition) is 0. The van der Waals surface area contributed by atoms with E-state index in [1.54, 1.807) is 20.4 Å².